The van der Waals surface area contributed by atoms with Crippen LogP contribution in [-0.2, 0) is 19.5 Å². The van der Waals surface area contributed by atoms with Gasteiger partial charge in [0, 0.05) is 24.7 Å². The first-order chi connectivity index (χ1) is 10.4. The molecule has 6 nitrogen and oxygen atoms in total. The lowest BCUT2D eigenvalue weighted by molar-refractivity contribution is 0.0600. The van der Waals surface area contributed by atoms with Crippen molar-refractivity contribution in [3.8, 4) is 0 Å². The molecule has 0 saturated carbocycles. The van der Waals surface area contributed by atoms with Crippen LogP contribution in [0.3, 0.4) is 0 Å². The minimum absolute atomic E-state index is 0.0752. The molecule has 1 aliphatic heterocycles. The lowest BCUT2D eigenvalue weighted by Gasteiger charge is -2.30. The zero-order valence-electron chi connectivity index (χ0n) is 12.4. The average Bonchev–Trinajstić information content (AvgIpc) is 2.54. The highest BCUT2D eigenvalue weighted by molar-refractivity contribution is 9.10. The van der Waals surface area contributed by atoms with Crippen molar-refractivity contribution in [1.82, 2.24) is 4.31 Å². The van der Waals surface area contributed by atoms with E-state index in [1.54, 1.807) is 13.2 Å². The van der Waals surface area contributed by atoms with E-state index >= 15 is 0 Å². The predicted octanol–water partition coefficient (Wildman–Crippen LogP) is 2.04. The molecule has 0 amide bonds. The second-order valence-electron chi connectivity index (χ2n) is 4.98. The molecule has 0 radical (unpaired) electrons. The average molecular weight is 392 g/mol. The van der Waals surface area contributed by atoms with Gasteiger partial charge in [0.2, 0.25) is 10.0 Å². The Kier molecular flexibility index (Phi) is 5.60. The zero-order valence-corrected chi connectivity index (χ0v) is 14.8. The number of hydrogen-bond acceptors (Lipinski definition) is 5. The van der Waals surface area contributed by atoms with Crippen molar-refractivity contribution < 1.29 is 22.7 Å². The lowest BCUT2D eigenvalue weighted by Crippen LogP contribution is -2.40. The van der Waals surface area contributed by atoms with Crippen LogP contribution < -0.4 is 0 Å². The molecule has 1 heterocycles. The molecule has 22 heavy (non-hydrogen) atoms. The van der Waals surface area contributed by atoms with Crippen LogP contribution in [0.2, 0.25) is 0 Å². The van der Waals surface area contributed by atoms with Gasteiger partial charge in [-0.05, 0) is 47.0 Å². The Balaban J connectivity index is 2.31. The first kappa shape index (κ1) is 17.4. The molecule has 0 atom stereocenters. The van der Waals surface area contributed by atoms with E-state index in [0.717, 1.165) is 0 Å². The molecular formula is C14H18BrNO5S. The van der Waals surface area contributed by atoms with Crippen LogP contribution in [0.15, 0.2) is 27.6 Å². The Morgan fingerprint density at radius 3 is 2.45 bits per heavy atom. The number of nitrogens with zero attached hydrogens (tertiary/aromatic N) is 1. The smallest absolute Gasteiger partial charge is 0.337 e. The SMILES string of the molecule is COC(=O)c1ccc(Br)c(S(=O)(=O)N2CCC(OC)CC2)c1. The fraction of sp³-hybridized carbons (Fsp3) is 0.500. The lowest BCUT2D eigenvalue weighted by atomic mass is 10.1. The number of carbonyl (C=O) groups is 1. The molecular weight excluding hydrogens is 374 g/mol. The van der Waals surface area contributed by atoms with Crippen LogP contribution in [0.5, 0.6) is 0 Å². The number of rotatable bonds is 4. The Hall–Kier alpha value is -0.960. The summed E-state index contributed by atoms with van der Waals surface area (Å²) in [5, 5.41) is 0. The van der Waals surface area contributed by atoms with Gasteiger partial charge in [-0.15, -0.1) is 0 Å². The summed E-state index contributed by atoms with van der Waals surface area (Å²) >= 11 is 3.25. The highest BCUT2D eigenvalue weighted by Crippen LogP contribution is 2.28. The molecule has 0 N–H and O–H groups in total. The monoisotopic (exact) mass is 391 g/mol. The predicted molar refractivity (Wildman–Crippen MR) is 84.3 cm³/mol. The Morgan fingerprint density at radius 1 is 1.27 bits per heavy atom. The molecule has 122 valence electrons. The molecule has 0 spiro atoms. The van der Waals surface area contributed by atoms with E-state index in [0.29, 0.717) is 30.4 Å². The minimum Gasteiger partial charge on any atom is -0.465 e. The van der Waals surface area contributed by atoms with Gasteiger partial charge in [-0.2, -0.15) is 4.31 Å². The molecule has 8 heteroatoms. The van der Waals surface area contributed by atoms with Crippen molar-refractivity contribution in [3.63, 3.8) is 0 Å². The van der Waals surface area contributed by atoms with Gasteiger partial charge >= 0.3 is 5.97 Å². The van der Waals surface area contributed by atoms with E-state index in [-0.39, 0.29) is 16.6 Å². The van der Waals surface area contributed by atoms with Gasteiger partial charge in [-0.3, -0.25) is 0 Å². The summed E-state index contributed by atoms with van der Waals surface area (Å²) in [5.41, 5.74) is 0.205. The Labute approximate surface area is 138 Å². The van der Waals surface area contributed by atoms with Crippen LogP contribution in [-0.4, -0.2) is 52.1 Å². The van der Waals surface area contributed by atoms with E-state index in [4.69, 9.17) is 4.74 Å². The van der Waals surface area contributed by atoms with Gasteiger partial charge in [0.05, 0.1) is 23.7 Å². The zero-order chi connectivity index (χ0) is 16.3. The van der Waals surface area contributed by atoms with Crippen molar-refractivity contribution >= 4 is 31.9 Å². The number of sulfonamides is 1. The second-order valence-corrected chi connectivity index (χ2v) is 7.74. The highest BCUT2D eigenvalue weighted by Gasteiger charge is 2.31. The first-order valence-electron chi connectivity index (χ1n) is 6.81. The summed E-state index contributed by atoms with van der Waals surface area (Å²) < 4.78 is 37.3. The number of carbonyl (C=O) groups excluding carboxylic acids is 1. The number of ether oxygens (including phenoxy) is 2. The van der Waals surface area contributed by atoms with Crippen LogP contribution in [0, 0.1) is 0 Å². The van der Waals surface area contributed by atoms with E-state index in [9.17, 15) is 13.2 Å². The third-order valence-corrected chi connectivity index (χ3v) is 6.60. The third-order valence-electron chi connectivity index (χ3n) is 3.70. The summed E-state index contributed by atoms with van der Waals surface area (Å²) in [4.78, 5) is 11.7. The molecule has 1 aromatic rings. The van der Waals surface area contributed by atoms with Gasteiger partial charge in [-0.25, -0.2) is 13.2 Å². The summed E-state index contributed by atoms with van der Waals surface area (Å²) in [7, 11) is -0.777. The Bertz CT molecular complexity index is 653. The number of hydrogen-bond donors (Lipinski definition) is 0. The maximum atomic E-state index is 12.8. The largest absolute Gasteiger partial charge is 0.465 e. The van der Waals surface area contributed by atoms with Gasteiger partial charge in [0.25, 0.3) is 0 Å². The van der Waals surface area contributed by atoms with Crippen molar-refractivity contribution in [2.24, 2.45) is 0 Å². The van der Waals surface area contributed by atoms with Gasteiger partial charge in [0.15, 0.2) is 0 Å². The second kappa shape index (κ2) is 7.08. The minimum atomic E-state index is -3.67. The maximum Gasteiger partial charge on any atom is 0.337 e. The molecule has 0 bridgehead atoms. The van der Waals surface area contributed by atoms with Gasteiger partial charge in [-0.1, -0.05) is 0 Å². The summed E-state index contributed by atoms with van der Waals surface area (Å²) in [6.07, 6.45) is 1.41. The third kappa shape index (κ3) is 3.51. The van der Waals surface area contributed by atoms with Crippen LogP contribution >= 0.6 is 15.9 Å². The number of benzene rings is 1. The normalized spacial score (nSPS) is 17.4. The fourth-order valence-electron chi connectivity index (χ4n) is 2.39. The van der Waals surface area contributed by atoms with Crippen molar-refractivity contribution in [2.45, 2.75) is 23.8 Å². The molecule has 1 fully saturated rings. The van der Waals surface area contributed by atoms with Crippen LogP contribution in [0.1, 0.15) is 23.2 Å². The molecule has 1 aromatic carbocycles. The van der Waals surface area contributed by atoms with E-state index < -0.39 is 16.0 Å². The summed E-state index contributed by atoms with van der Waals surface area (Å²) in [6.45, 7) is 0.797. The number of esters is 1. The summed E-state index contributed by atoms with van der Waals surface area (Å²) in [5.74, 6) is -0.568. The van der Waals surface area contributed by atoms with E-state index in [1.807, 2.05) is 0 Å². The molecule has 1 aliphatic rings. The standard InChI is InChI=1S/C14H18BrNO5S/c1-20-11-5-7-16(8-6-11)22(18,19)13-9-10(14(17)21-2)3-4-12(13)15/h3-4,9,11H,5-8H2,1-2H3. The van der Waals surface area contributed by atoms with Gasteiger partial charge in [0.1, 0.15) is 0 Å². The van der Waals surface area contributed by atoms with Crippen molar-refractivity contribution in [2.75, 3.05) is 27.3 Å². The first-order valence-corrected chi connectivity index (χ1v) is 9.04. The summed E-state index contributed by atoms with van der Waals surface area (Å²) in [6, 6.07) is 4.40. The topological polar surface area (TPSA) is 72.9 Å². The Morgan fingerprint density at radius 2 is 1.91 bits per heavy atom. The maximum absolute atomic E-state index is 12.8. The molecule has 0 unspecified atom stereocenters. The van der Waals surface area contributed by atoms with Crippen LogP contribution in [0.4, 0.5) is 0 Å². The van der Waals surface area contributed by atoms with E-state index in [2.05, 4.69) is 20.7 Å². The van der Waals surface area contributed by atoms with Gasteiger partial charge < -0.3 is 9.47 Å². The molecule has 1 saturated heterocycles. The fourth-order valence-corrected chi connectivity index (χ4v) is 4.81. The molecule has 0 aliphatic carbocycles. The number of halogens is 1. The van der Waals surface area contributed by atoms with Crippen molar-refractivity contribution in [1.29, 1.82) is 0 Å². The van der Waals surface area contributed by atoms with Crippen molar-refractivity contribution in [3.05, 3.63) is 28.2 Å². The number of methoxy groups -OCH3 is 2. The van der Waals surface area contributed by atoms with Crippen LogP contribution in [0.25, 0.3) is 0 Å². The van der Waals surface area contributed by atoms with E-state index in [1.165, 1.54) is 23.5 Å². The number of piperidine rings is 1. The quantitative estimate of drug-likeness (QED) is 0.734. The highest BCUT2D eigenvalue weighted by atomic mass is 79.9. The molecule has 0 aromatic heterocycles. The molecule has 2 rings (SSSR count).